The first-order valence-electron chi connectivity index (χ1n) is 7.63. The highest BCUT2D eigenvalue weighted by Gasteiger charge is 2.39. The quantitative estimate of drug-likeness (QED) is 0.383. The number of fused-ring (bicyclic) bond motifs is 3. The SMILES string of the molecule is CC1(C)c2ssc(=S)c2-c2ccccc2N1Cc1ccccc1. The first kappa shape index (κ1) is 15.1. The highest BCUT2D eigenvalue weighted by molar-refractivity contribution is 7.80. The number of benzene rings is 2. The van der Waals surface area contributed by atoms with Crippen LogP contribution in [0.15, 0.2) is 54.6 Å². The first-order chi connectivity index (χ1) is 11.1. The summed E-state index contributed by atoms with van der Waals surface area (Å²) in [5, 5.41) is 0. The molecule has 1 aliphatic rings. The van der Waals surface area contributed by atoms with Gasteiger partial charge in [0.1, 0.15) is 3.82 Å². The monoisotopic (exact) mass is 355 g/mol. The van der Waals surface area contributed by atoms with Crippen molar-refractivity contribution in [2.45, 2.75) is 25.9 Å². The van der Waals surface area contributed by atoms with E-state index >= 15 is 0 Å². The Bertz CT molecular complexity index is 906. The van der Waals surface area contributed by atoms with Gasteiger partial charge in [0, 0.05) is 23.4 Å². The Hall–Kier alpha value is -1.49. The van der Waals surface area contributed by atoms with Crippen molar-refractivity contribution < 1.29 is 0 Å². The van der Waals surface area contributed by atoms with Crippen molar-refractivity contribution in [2.75, 3.05) is 4.90 Å². The molecule has 0 amide bonds. The normalized spacial score (nSPS) is 15.1. The van der Waals surface area contributed by atoms with Crippen molar-refractivity contribution in [3.05, 3.63) is 68.9 Å². The average Bonchev–Trinajstić information content (AvgIpc) is 2.95. The molecule has 23 heavy (non-hydrogen) atoms. The predicted molar refractivity (Wildman–Crippen MR) is 104 cm³/mol. The Balaban J connectivity index is 1.92. The standard InChI is InChI=1S/C19H17NS3/c1-19(2)17-16(18(21)23-22-17)14-10-6-7-11-15(14)20(19)12-13-8-4-3-5-9-13/h3-11H,12H2,1-2H3. The zero-order chi connectivity index (χ0) is 16.0. The summed E-state index contributed by atoms with van der Waals surface area (Å²) in [5.74, 6) is 0. The molecule has 0 N–H and O–H groups in total. The van der Waals surface area contributed by atoms with Crippen LogP contribution in [0.1, 0.15) is 24.3 Å². The van der Waals surface area contributed by atoms with E-state index in [2.05, 4.69) is 73.3 Å². The zero-order valence-corrected chi connectivity index (χ0v) is 15.5. The number of para-hydroxylation sites is 1. The molecule has 4 rings (SSSR count). The molecule has 0 bridgehead atoms. The molecule has 0 fully saturated rings. The van der Waals surface area contributed by atoms with Gasteiger partial charge in [0.05, 0.1) is 10.4 Å². The molecule has 2 heterocycles. The third-order valence-corrected chi connectivity index (χ3v) is 7.84. The number of hydrogen-bond acceptors (Lipinski definition) is 4. The van der Waals surface area contributed by atoms with E-state index < -0.39 is 0 Å². The van der Waals surface area contributed by atoms with Crippen LogP contribution in [0.2, 0.25) is 0 Å². The van der Waals surface area contributed by atoms with Gasteiger partial charge in [-0.25, -0.2) is 0 Å². The van der Waals surface area contributed by atoms with Crippen LogP contribution >= 0.6 is 32.9 Å². The lowest BCUT2D eigenvalue weighted by molar-refractivity contribution is 0.483. The van der Waals surface area contributed by atoms with Gasteiger partial charge in [0.15, 0.2) is 0 Å². The maximum absolute atomic E-state index is 5.63. The van der Waals surface area contributed by atoms with Crippen LogP contribution in [0.4, 0.5) is 5.69 Å². The number of rotatable bonds is 2. The molecule has 1 aromatic heterocycles. The van der Waals surface area contributed by atoms with Crippen LogP contribution < -0.4 is 4.90 Å². The Morgan fingerprint density at radius 1 is 0.957 bits per heavy atom. The van der Waals surface area contributed by atoms with Gasteiger partial charge >= 0.3 is 0 Å². The smallest absolute Gasteiger partial charge is 0.110 e. The Labute approximate surface area is 149 Å². The second kappa shape index (κ2) is 5.55. The van der Waals surface area contributed by atoms with Crippen molar-refractivity contribution in [3.63, 3.8) is 0 Å². The fourth-order valence-corrected chi connectivity index (χ4v) is 6.59. The van der Waals surface area contributed by atoms with E-state index in [0.717, 1.165) is 10.4 Å². The van der Waals surface area contributed by atoms with Gasteiger partial charge < -0.3 is 4.90 Å². The van der Waals surface area contributed by atoms with Crippen molar-refractivity contribution in [1.29, 1.82) is 0 Å². The van der Waals surface area contributed by atoms with Gasteiger partial charge in [-0.3, -0.25) is 0 Å². The Morgan fingerprint density at radius 2 is 1.65 bits per heavy atom. The maximum atomic E-state index is 5.63. The molecule has 1 aliphatic heterocycles. The molecule has 0 aliphatic carbocycles. The summed E-state index contributed by atoms with van der Waals surface area (Å²) in [6, 6.07) is 19.3. The number of hydrogen-bond donors (Lipinski definition) is 0. The largest absolute Gasteiger partial charge is 0.357 e. The van der Waals surface area contributed by atoms with E-state index in [4.69, 9.17) is 12.2 Å². The molecule has 0 saturated heterocycles. The fourth-order valence-electron chi connectivity index (χ4n) is 3.29. The highest BCUT2D eigenvalue weighted by Crippen LogP contribution is 2.52. The topological polar surface area (TPSA) is 3.24 Å². The summed E-state index contributed by atoms with van der Waals surface area (Å²) < 4.78 is 1.02. The minimum Gasteiger partial charge on any atom is -0.357 e. The lowest BCUT2D eigenvalue weighted by atomic mass is 9.87. The Kier molecular flexibility index (Phi) is 3.63. The number of anilines is 1. The molecule has 0 unspecified atom stereocenters. The number of nitrogens with zero attached hydrogens (tertiary/aromatic N) is 1. The summed E-state index contributed by atoms with van der Waals surface area (Å²) in [6.07, 6.45) is 0. The molecule has 2 aromatic carbocycles. The molecule has 0 radical (unpaired) electrons. The lowest BCUT2D eigenvalue weighted by Crippen LogP contribution is -2.43. The van der Waals surface area contributed by atoms with E-state index in [1.165, 1.54) is 27.3 Å². The summed E-state index contributed by atoms with van der Waals surface area (Å²) in [4.78, 5) is 3.90. The van der Waals surface area contributed by atoms with Crippen LogP contribution in [-0.2, 0) is 12.1 Å². The summed E-state index contributed by atoms with van der Waals surface area (Å²) in [7, 11) is 3.56. The van der Waals surface area contributed by atoms with E-state index in [9.17, 15) is 0 Å². The zero-order valence-electron chi connectivity index (χ0n) is 13.1. The van der Waals surface area contributed by atoms with Crippen molar-refractivity contribution in [1.82, 2.24) is 0 Å². The Morgan fingerprint density at radius 3 is 2.43 bits per heavy atom. The minimum absolute atomic E-state index is 0.0578. The average molecular weight is 356 g/mol. The van der Waals surface area contributed by atoms with Gasteiger partial charge in [-0.1, -0.05) is 81.4 Å². The predicted octanol–water partition coefficient (Wildman–Crippen LogP) is 6.46. The van der Waals surface area contributed by atoms with Crippen molar-refractivity contribution in [3.8, 4) is 11.1 Å². The summed E-state index contributed by atoms with van der Waals surface area (Å²) in [6.45, 7) is 5.52. The van der Waals surface area contributed by atoms with Crippen LogP contribution in [0.25, 0.3) is 11.1 Å². The fraction of sp³-hybridized carbons (Fsp3) is 0.211. The van der Waals surface area contributed by atoms with Gasteiger partial charge in [-0.15, -0.1) is 0 Å². The molecule has 1 nitrogen and oxygen atoms in total. The lowest BCUT2D eigenvalue weighted by Gasteiger charge is -2.44. The highest BCUT2D eigenvalue weighted by atomic mass is 32.9. The van der Waals surface area contributed by atoms with Crippen LogP contribution in [0.5, 0.6) is 0 Å². The van der Waals surface area contributed by atoms with E-state index in [0.29, 0.717) is 0 Å². The second-order valence-corrected chi connectivity index (χ2v) is 9.12. The van der Waals surface area contributed by atoms with Gasteiger partial charge in [-0.05, 0) is 25.5 Å². The van der Waals surface area contributed by atoms with Gasteiger partial charge in [0.2, 0.25) is 0 Å². The molecule has 4 heteroatoms. The van der Waals surface area contributed by atoms with E-state index in [1.54, 1.807) is 10.3 Å². The molecule has 0 saturated carbocycles. The van der Waals surface area contributed by atoms with E-state index in [1.807, 2.05) is 10.3 Å². The van der Waals surface area contributed by atoms with E-state index in [-0.39, 0.29) is 5.54 Å². The maximum Gasteiger partial charge on any atom is 0.110 e. The molecule has 0 atom stereocenters. The van der Waals surface area contributed by atoms with Crippen molar-refractivity contribution >= 4 is 38.6 Å². The summed E-state index contributed by atoms with van der Waals surface area (Å²) in [5.41, 5.74) is 5.11. The first-order valence-corrected chi connectivity index (χ1v) is 10.2. The molecule has 116 valence electrons. The summed E-state index contributed by atoms with van der Waals surface area (Å²) >= 11 is 5.63. The van der Waals surface area contributed by atoms with Crippen LogP contribution in [-0.4, -0.2) is 0 Å². The van der Waals surface area contributed by atoms with Gasteiger partial charge in [-0.2, -0.15) is 0 Å². The van der Waals surface area contributed by atoms with Crippen LogP contribution in [0, 0.1) is 3.82 Å². The molecular weight excluding hydrogens is 338 g/mol. The van der Waals surface area contributed by atoms with Crippen LogP contribution in [0.3, 0.4) is 0 Å². The third kappa shape index (κ3) is 2.36. The van der Waals surface area contributed by atoms with Crippen molar-refractivity contribution in [2.24, 2.45) is 0 Å². The third-order valence-electron chi connectivity index (χ3n) is 4.51. The minimum atomic E-state index is -0.0578. The van der Waals surface area contributed by atoms with Gasteiger partial charge in [0.25, 0.3) is 0 Å². The second-order valence-electron chi connectivity index (χ2n) is 6.31. The molecular formula is C19H17NS3. The molecule has 3 aromatic rings. The molecule has 0 spiro atoms.